The summed E-state index contributed by atoms with van der Waals surface area (Å²) in [6, 6.07) is 1.53. The first-order chi connectivity index (χ1) is 9.88. The summed E-state index contributed by atoms with van der Waals surface area (Å²) in [4.78, 5) is 4.10. The van der Waals surface area contributed by atoms with Crippen molar-refractivity contribution in [3.8, 4) is 16.3 Å². The number of hydrogen-bond acceptors (Lipinski definition) is 5. The number of aryl methyl sites for hydroxylation is 1. The van der Waals surface area contributed by atoms with E-state index in [1.807, 2.05) is 0 Å². The topological polar surface area (TPSA) is 74.5 Å². The molecule has 3 heterocycles. The highest BCUT2D eigenvalue weighted by Crippen LogP contribution is 2.41. The first-order valence-corrected chi connectivity index (χ1v) is 6.60. The third-order valence-corrected chi connectivity index (χ3v) is 3.58. The van der Waals surface area contributed by atoms with Crippen LogP contribution in [0.3, 0.4) is 0 Å². The number of nitrogen functional groups attached to an aromatic ring is 1. The van der Waals surface area contributed by atoms with E-state index in [1.54, 1.807) is 13.2 Å². The van der Waals surface area contributed by atoms with Crippen LogP contribution >= 0.6 is 11.3 Å². The van der Waals surface area contributed by atoms with Crippen molar-refractivity contribution in [3.63, 3.8) is 0 Å². The van der Waals surface area contributed by atoms with Gasteiger partial charge in [-0.25, -0.2) is 0 Å². The Hall–Kier alpha value is -2.36. The molecule has 0 amide bonds. The van der Waals surface area contributed by atoms with Crippen molar-refractivity contribution in [3.05, 3.63) is 29.7 Å². The van der Waals surface area contributed by atoms with E-state index in [0.717, 1.165) is 16.0 Å². The fourth-order valence-electron chi connectivity index (χ4n) is 1.90. The zero-order valence-electron chi connectivity index (χ0n) is 10.7. The van der Waals surface area contributed by atoms with Crippen LogP contribution < -0.4 is 5.73 Å². The Morgan fingerprint density at radius 1 is 1.29 bits per heavy atom. The van der Waals surface area contributed by atoms with Gasteiger partial charge in [0.1, 0.15) is 5.82 Å². The fraction of sp³-hybridized carbons (Fsp3) is 0.182. The van der Waals surface area contributed by atoms with Crippen molar-refractivity contribution in [1.82, 2.24) is 24.5 Å². The van der Waals surface area contributed by atoms with Crippen molar-refractivity contribution < 1.29 is 13.2 Å². The molecule has 0 bridgehead atoms. The number of nitrogens with two attached hydrogens (primary N) is 1. The van der Waals surface area contributed by atoms with Gasteiger partial charge in [-0.3, -0.25) is 9.67 Å². The van der Waals surface area contributed by atoms with Gasteiger partial charge in [-0.15, -0.1) is 11.3 Å². The molecule has 6 nitrogen and oxygen atoms in total. The first kappa shape index (κ1) is 13.6. The Bertz CT molecular complexity index is 771. The van der Waals surface area contributed by atoms with Gasteiger partial charge in [0.15, 0.2) is 11.5 Å². The summed E-state index contributed by atoms with van der Waals surface area (Å²) in [5.41, 5.74) is 6.08. The third-order valence-electron chi connectivity index (χ3n) is 2.78. The Morgan fingerprint density at radius 2 is 2.05 bits per heavy atom. The van der Waals surface area contributed by atoms with E-state index in [4.69, 9.17) is 5.73 Å². The number of halogens is 3. The predicted octanol–water partition coefficient (Wildman–Crippen LogP) is 2.33. The van der Waals surface area contributed by atoms with E-state index in [0.29, 0.717) is 4.88 Å². The summed E-state index contributed by atoms with van der Waals surface area (Å²) < 4.78 is 42.0. The molecule has 0 aromatic carbocycles. The van der Waals surface area contributed by atoms with E-state index in [1.165, 1.54) is 22.5 Å². The molecule has 3 rings (SSSR count). The number of rotatable bonds is 2. The van der Waals surface area contributed by atoms with E-state index in [2.05, 4.69) is 15.2 Å². The standard InChI is InChI=1S/C11H9F3N6S/c1-19-3-2-7(17-19)20-10(15)8(6-4-16-5-21-6)9(18-20)11(12,13)14/h2-5H,15H2,1H3. The molecule has 0 aliphatic carbocycles. The number of anilines is 1. The second-order valence-electron chi connectivity index (χ2n) is 4.23. The molecule has 0 radical (unpaired) electrons. The molecular formula is C11H9F3N6S. The van der Waals surface area contributed by atoms with Crippen LogP contribution in [0.5, 0.6) is 0 Å². The summed E-state index contributed by atoms with van der Waals surface area (Å²) in [7, 11) is 1.65. The van der Waals surface area contributed by atoms with Gasteiger partial charge in [0.25, 0.3) is 0 Å². The molecule has 0 atom stereocenters. The second kappa shape index (κ2) is 4.58. The molecule has 3 aromatic heterocycles. The SMILES string of the molecule is Cn1ccc(-n2nc(C(F)(F)F)c(-c3cncs3)c2N)n1. The summed E-state index contributed by atoms with van der Waals surface area (Å²) in [5.74, 6) is 0.0986. The van der Waals surface area contributed by atoms with Crippen molar-refractivity contribution in [2.45, 2.75) is 6.18 Å². The summed E-state index contributed by atoms with van der Waals surface area (Å²) in [6.45, 7) is 0. The second-order valence-corrected chi connectivity index (χ2v) is 5.12. The molecule has 10 heteroatoms. The van der Waals surface area contributed by atoms with Gasteiger partial charge in [0.05, 0.1) is 16.0 Å². The molecule has 0 fully saturated rings. The van der Waals surface area contributed by atoms with Gasteiger partial charge >= 0.3 is 6.18 Å². The number of nitrogens with zero attached hydrogens (tertiary/aromatic N) is 5. The van der Waals surface area contributed by atoms with Crippen LogP contribution in [0.15, 0.2) is 24.0 Å². The Kier molecular flexibility index (Phi) is 2.97. The van der Waals surface area contributed by atoms with Crippen LogP contribution in [-0.2, 0) is 13.2 Å². The lowest BCUT2D eigenvalue weighted by molar-refractivity contribution is -0.140. The lowest BCUT2D eigenvalue weighted by atomic mass is 10.2. The van der Waals surface area contributed by atoms with Crippen LogP contribution in [0.4, 0.5) is 19.0 Å². The molecule has 0 aliphatic rings. The predicted molar refractivity (Wildman–Crippen MR) is 70.9 cm³/mol. The lowest BCUT2D eigenvalue weighted by Gasteiger charge is -2.04. The van der Waals surface area contributed by atoms with Crippen molar-refractivity contribution in [1.29, 1.82) is 0 Å². The fourth-order valence-corrected chi connectivity index (χ4v) is 2.58. The highest BCUT2D eigenvalue weighted by atomic mass is 32.1. The lowest BCUT2D eigenvalue weighted by Crippen LogP contribution is -2.08. The highest BCUT2D eigenvalue weighted by molar-refractivity contribution is 7.13. The molecule has 21 heavy (non-hydrogen) atoms. The highest BCUT2D eigenvalue weighted by Gasteiger charge is 2.40. The van der Waals surface area contributed by atoms with Crippen LogP contribution in [0.1, 0.15) is 5.69 Å². The monoisotopic (exact) mass is 314 g/mol. The van der Waals surface area contributed by atoms with Gasteiger partial charge in [-0.05, 0) is 0 Å². The molecule has 0 unspecified atom stereocenters. The van der Waals surface area contributed by atoms with Gasteiger partial charge in [-0.2, -0.15) is 28.1 Å². The molecule has 110 valence electrons. The van der Waals surface area contributed by atoms with Crippen LogP contribution in [0, 0.1) is 0 Å². The normalized spacial score (nSPS) is 12.0. The minimum absolute atomic E-state index is 0.120. The zero-order valence-corrected chi connectivity index (χ0v) is 11.5. The molecule has 0 spiro atoms. The Balaban J connectivity index is 2.25. The first-order valence-electron chi connectivity index (χ1n) is 5.72. The largest absolute Gasteiger partial charge is 0.435 e. The van der Waals surface area contributed by atoms with E-state index in [9.17, 15) is 13.2 Å². The molecular weight excluding hydrogens is 305 g/mol. The number of aromatic nitrogens is 5. The maximum Gasteiger partial charge on any atom is 0.435 e. The number of alkyl halides is 3. The van der Waals surface area contributed by atoms with Gasteiger partial charge in [-0.1, -0.05) is 0 Å². The van der Waals surface area contributed by atoms with Crippen LogP contribution in [0.2, 0.25) is 0 Å². The van der Waals surface area contributed by atoms with Gasteiger partial charge < -0.3 is 5.73 Å². The molecule has 2 N–H and O–H groups in total. The van der Waals surface area contributed by atoms with Crippen molar-refractivity contribution in [2.75, 3.05) is 5.73 Å². The van der Waals surface area contributed by atoms with Gasteiger partial charge in [0, 0.05) is 25.5 Å². The number of thiazole rings is 1. The summed E-state index contributed by atoms with van der Waals surface area (Å²) in [6.07, 6.45) is -1.69. The Morgan fingerprint density at radius 3 is 2.57 bits per heavy atom. The zero-order chi connectivity index (χ0) is 15.2. The average molecular weight is 314 g/mol. The molecule has 0 aliphatic heterocycles. The van der Waals surface area contributed by atoms with E-state index < -0.39 is 11.9 Å². The minimum Gasteiger partial charge on any atom is -0.383 e. The number of hydrogen-bond donors (Lipinski definition) is 1. The maximum absolute atomic E-state index is 13.2. The van der Waals surface area contributed by atoms with Crippen molar-refractivity contribution in [2.24, 2.45) is 7.05 Å². The minimum atomic E-state index is -4.62. The van der Waals surface area contributed by atoms with Gasteiger partial charge in [0.2, 0.25) is 0 Å². The third kappa shape index (κ3) is 2.27. The van der Waals surface area contributed by atoms with Crippen LogP contribution in [-0.4, -0.2) is 24.5 Å². The summed E-state index contributed by atoms with van der Waals surface area (Å²) >= 11 is 1.06. The quantitative estimate of drug-likeness (QED) is 0.788. The smallest absolute Gasteiger partial charge is 0.383 e. The Labute approximate surface area is 120 Å². The summed E-state index contributed by atoms with van der Waals surface area (Å²) in [5, 5.41) is 7.61. The molecule has 0 saturated heterocycles. The van der Waals surface area contributed by atoms with Crippen LogP contribution in [0.25, 0.3) is 16.3 Å². The average Bonchev–Trinajstić information content (AvgIpc) is 3.07. The van der Waals surface area contributed by atoms with E-state index in [-0.39, 0.29) is 17.2 Å². The van der Waals surface area contributed by atoms with Crippen molar-refractivity contribution >= 4 is 17.2 Å². The van der Waals surface area contributed by atoms with E-state index >= 15 is 0 Å². The maximum atomic E-state index is 13.2. The molecule has 3 aromatic rings. The molecule has 0 saturated carbocycles.